The van der Waals surface area contributed by atoms with E-state index in [-0.39, 0.29) is 0 Å². The molecular weight excluding hydrogens is 146 g/mol. The lowest BCUT2D eigenvalue weighted by molar-refractivity contribution is 0.225. The minimum atomic E-state index is 0.381. The number of hydrogen-bond acceptors (Lipinski definition) is 1. The van der Waals surface area contributed by atoms with E-state index in [1.165, 1.54) is 24.8 Å². The van der Waals surface area contributed by atoms with Gasteiger partial charge in [-0.3, -0.25) is 0 Å². The van der Waals surface area contributed by atoms with Gasteiger partial charge in [-0.05, 0) is 24.8 Å². The highest BCUT2D eigenvalue weighted by Crippen LogP contribution is 2.47. The van der Waals surface area contributed by atoms with E-state index in [4.69, 9.17) is 0 Å². The Balaban J connectivity index is 1.99. The molecule has 1 aromatic rings. The first-order valence-corrected chi connectivity index (χ1v) is 4.72. The molecule has 2 aliphatic heterocycles. The third-order valence-electron chi connectivity index (χ3n) is 3.32. The van der Waals surface area contributed by atoms with E-state index in [1.54, 1.807) is 0 Å². The smallest absolute Gasteiger partial charge is 0.0452 e. The highest BCUT2D eigenvalue weighted by molar-refractivity contribution is 5.31. The summed E-state index contributed by atoms with van der Waals surface area (Å²) >= 11 is 0. The normalized spacial score (nSPS) is 37.8. The Bertz CT molecular complexity index is 280. The van der Waals surface area contributed by atoms with Gasteiger partial charge in [0, 0.05) is 11.6 Å². The SMILES string of the molecule is c1ccc(C23CCC(C2)N3)cc1. The molecule has 3 fully saturated rings. The van der Waals surface area contributed by atoms with Crippen molar-refractivity contribution in [1.82, 2.24) is 5.32 Å². The minimum Gasteiger partial charge on any atom is -0.304 e. The molecule has 2 heterocycles. The molecule has 62 valence electrons. The van der Waals surface area contributed by atoms with Crippen molar-refractivity contribution in [3.63, 3.8) is 0 Å². The van der Waals surface area contributed by atoms with Crippen molar-refractivity contribution in [2.45, 2.75) is 30.8 Å². The Hall–Kier alpha value is -0.820. The quantitative estimate of drug-likeness (QED) is 0.661. The van der Waals surface area contributed by atoms with Crippen molar-refractivity contribution in [3.05, 3.63) is 35.9 Å². The van der Waals surface area contributed by atoms with Gasteiger partial charge in [0.1, 0.15) is 0 Å². The maximum absolute atomic E-state index is 3.65. The molecule has 2 unspecified atom stereocenters. The van der Waals surface area contributed by atoms with E-state index in [1.807, 2.05) is 0 Å². The zero-order valence-electron chi connectivity index (χ0n) is 7.09. The first-order valence-electron chi connectivity index (χ1n) is 4.72. The molecule has 1 heteroatoms. The number of hydrogen-bond donors (Lipinski definition) is 1. The summed E-state index contributed by atoms with van der Waals surface area (Å²) in [4.78, 5) is 0. The van der Waals surface area contributed by atoms with Gasteiger partial charge in [-0.1, -0.05) is 30.3 Å². The fourth-order valence-corrected chi connectivity index (χ4v) is 2.66. The summed E-state index contributed by atoms with van der Waals surface area (Å²) in [6.07, 6.45) is 4.06. The first kappa shape index (κ1) is 6.67. The highest BCUT2D eigenvalue weighted by atomic mass is 15.1. The zero-order chi connectivity index (χ0) is 8.02. The van der Waals surface area contributed by atoms with Crippen molar-refractivity contribution < 1.29 is 0 Å². The van der Waals surface area contributed by atoms with Crippen LogP contribution in [0, 0.1) is 0 Å². The van der Waals surface area contributed by atoms with Gasteiger partial charge < -0.3 is 5.32 Å². The molecule has 0 amide bonds. The highest BCUT2D eigenvalue weighted by Gasteiger charge is 2.50. The topological polar surface area (TPSA) is 12.0 Å². The molecular formula is C11H13N. The number of nitrogens with one attached hydrogen (secondary N) is 1. The van der Waals surface area contributed by atoms with Crippen molar-refractivity contribution in [1.29, 1.82) is 0 Å². The Morgan fingerprint density at radius 3 is 2.58 bits per heavy atom. The molecule has 12 heavy (non-hydrogen) atoms. The molecule has 1 aliphatic carbocycles. The second kappa shape index (κ2) is 2.11. The van der Waals surface area contributed by atoms with E-state index in [0.717, 1.165) is 6.04 Å². The summed E-state index contributed by atoms with van der Waals surface area (Å²) < 4.78 is 0. The molecule has 0 aromatic heterocycles. The van der Waals surface area contributed by atoms with Crippen LogP contribution in [0.2, 0.25) is 0 Å². The summed E-state index contributed by atoms with van der Waals surface area (Å²) in [5, 5.41) is 3.65. The van der Waals surface area contributed by atoms with Crippen molar-refractivity contribution in [2.24, 2.45) is 0 Å². The van der Waals surface area contributed by atoms with Crippen LogP contribution < -0.4 is 5.32 Å². The largest absolute Gasteiger partial charge is 0.304 e. The van der Waals surface area contributed by atoms with Gasteiger partial charge in [0.2, 0.25) is 0 Å². The zero-order valence-corrected chi connectivity index (χ0v) is 7.09. The lowest BCUT2D eigenvalue weighted by Crippen LogP contribution is -2.53. The maximum Gasteiger partial charge on any atom is 0.0452 e. The third kappa shape index (κ3) is 0.721. The van der Waals surface area contributed by atoms with E-state index in [2.05, 4.69) is 35.6 Å². The van der Waals surface area contributed by atoms with Gasteiger partial charge in [0.15, 0.2) is 0 Å². The Kier molecular flexibility index (Phi) is 1.17. The number of benzene rings is 1. The fourth-order valence-electron chi connectivity index (χ4n) is 2.66. The van der Waals surface area contributed by atoms with E-state index in [9.17, 15) is 0 Å². The van der Waals surface area contributed by atoms with E-state index < -0.39 is 0 Å². The molecule has 0 spiro atoms. The van der Waals surface area contributed by atoms with Crippen LogP contribution in [-0.4, -0.2) is 6.04 Å². The third-order valence-corrected chi connectivity index (χ3v) is 3.32. The van der Waals surface area contributed by atoms with Gasteiger partial charge in [0.05, 0.1) is 0 Å². The average molecular weight is 159 g/mol. The second-order valence-corrected chi connectivity index (χ2v) is 4.03. The summed E-state index contributed by atoms with van der Waals surface area (Å²) in [6.45, 7) is 0. The maximum atomic E-state index is 3.65. The lowest BCUT2D eigenvalue weighted by Gasteiger charge is -2.40. The van der Waals surface area contributed by atoms with Crippen LogP contribution in [0.3, 0.4) is 0 Å². The predicted molar refractivity (Wildman–Crippen MR) is 48.9 cm³/mol. The van der Waals surface area contributed by atoms with Crippen molar-refractivity contribution >= 4 is 0 Å². The van der Waals surface area contributed by atoms with Crippen LogP contribution in [-0.2, 0) is 5.54 Å². The summed E-state index contributed by atoms with van der Waals surface area (Å²) in [5.74, 6) is 0. The molecule has 2 bridgehead atoms. The molecule has 4 rings (SSSR count). The second-order valence-electron chi connectivity index (χ2n) is 4.03. The van der Waals surface area contributed by atoms with Gasteiger partial charge in [-0.2, -0.15) is 0 Å². The monoisotopic (exact) mass is 159 g/mol. The molecule has 1 aromatic carbocycles. The van der Waals surface area contributed by atoms with Gasteiger partial charge in [-0.15, -0.1) is 0 Å². The summed E-state index contributed by atoms with van der Waals surface area (Å²) in [7, 11) is 0. The molecule has 2 atom stereocenters. The average Bonchev–Trinajstić information content (AvgIpc) is 2.63. The Morgan fingerprint density at radius 1 is 1.25 bits per heavy atom. The predicted octanol–water partition coefficient (Wildman–Crippen LogP) is 2.04. The van der Waals surface area contributed by atoms with Crippen LogP contribution in [0.5, 0.6) is 0 Å². The lowest BCUT2D eigenvalue weighted by atomic mass is 9.83. The van der Waals surface area contributed by atoms with Crippen molar-refractivity contribution in [2.75, 3.05) is 0 Å². The molecule has 1 saturated carbocycles. The van der Waals surface area contributed by atoms with Gasteiger partial charge in [0.25, 0.3) is 0 Å². The standard InChI is InChI=1S/C11H13N/c1-2-4-9(5-3-1)11-7-6-10(8-11)12-11/h1-5,10,12H,6-8H2. The van der Waals surface area contributed by atoms with Crippen LogP contribution in [0.4, 0.5) is 0 Å². The number of rotatable bonds is 1. The Morgan fingerprint density at radius 2 is 2.00 bits per heavy atom. The van der Waals surface area contributed by atoms with Crippen LogP contribution >= 0.6 is 0 Å². The molecule has 1 N–H and O–H groups in total. The van der Waals surface area contributed by atoms with Crippen molar-refractivity contribution in [3.8, 4) is 0 Å². The number of fused-ring (bicyclic) bond motifs is 1. The molecule has 1 nitrogen and oxygen atoms in total. The van der Waals surface area contributed by atoms with Crippen LogP contribution in [0.1, 0.15) is 24.8 Å². The Labute approximate surface area is 72.8 Å². The first-order chi connectivity index (χ1) is 5.89. The van der Waals surface area contributed by atoms with Gasteiger partial charge >= 0.3 is 0 Å². The summed E-state index contributed by atoms with van der Waals surface area (Å²) in [6, 6.07) is 11.7. The summed E-state index contributed by atoms with van der Waals surface area (Å²) in [5.41, 5.74) is 1.87. The molecule has 0 radical (unpaired) electrons. The fraction of sp³-hybridized carbons (Fsp3) is 0.455. The molecule has 3 aliphatic rings. The van der Waals surface area contributed by atoms with Crippen LogP contribution in [0.15, 0.2) is 30.3 Å². The van der Waals surface area contributed by atoms with Crippen LogP contribution in [0.25, 0.3) is 0 Å². The van der Waals surface area contributed by atoms with Gasteiger partial charge in [-0.25, -0.2) is 0 Å². The minimum absolute atomic E-state index is 0.381. The molecule has 2 saturated heterocycles. The van der Waals surface area contributed by atoms with E-state index in [0.29, 0.717) is 5.54 Å². The van der Waals surface area contributed by atoms with E-state index >= 15 is 0 Å².